The molecular formula is C16H11N5O5. The lowest BCUT2D eigenvalue weighted by atomic mass is 10.1. The fraction of sp³-hybridized carbons (Fsp3) is 0. The molecule has 26 heavy (non-hydrogen) atoms. The van der Waals surface area contributed by atoms with E-state index in [0.717, 1.165) is 17.8 Å². The summed E-state index contributed by atoms with van der Waals surface area (Å²) in [5.41, 5.74) is -0.105. The molecule has 1 heterocycles. The molecule has 0 aliphatic rings. The summed E-state index contributed by atoms with van der Waals surface area (Å²) in [4.78, 5) is 36.3. The monoisotopic (exact) mass is 353 g/mol. The SMILES string of the molecule is O=C(Nc1ccc([N+](=O)[O-])c([N+](=O)[O-])c1)c1ccc(-n2ccnc2)cc1. The van der Waals surface area contributed by atoms with E-state index in [9.17, 15) is 25.0 Å². The molecule has 2 aromatic carbocycles. The molecule has 10 nitrogen and oxygen atoms in total. The molecule has 1 aromatic heterocycles. The van der Waals surface area contributed by atoms with E-state index >= 15 is 0 Å². The van der Waals surface area contributed by atoms with Crippen molar-refractivity contribution >= 4 is 23.0 Å². The van der Waals surface area contributed by atoms with Gasteiger partial charge in [0.1, 0.15) is 0 Å². The normalized spacial score (nSPS) is 10.3. The van der Waals surface area contributed by atoms with Crippen LogP contribution in [0.25, 0.3) is 5.69 Å². The van der Waals surface area contributed by atoms with E-state index < -0.39 is 27.1 Å². The Kier molecular flexibility index (Phi) is 4.39. The lowest BCUT2D eigenvalue weighted by Gasteiger charge is -2.07. The van der Waals surface area contributed by atoms with Crippen molar-refractivity contribution in [3.63, 3.8) is 0 Å². The van der Waals surface area contributed by atoms with Crippen molar-refractivity contribution in [3.8, 4) is 5.69 Å². The molecule has 1 amide bonds. The van der Waals surface area contributed by atoms with Gasteiger partial charge in [-0.2, -0.15) is 0 Å². The summed E-state index contributed by atoms with van der Waals surface area (Å²) in [5.74, 6) is -0.495. The Hall–Kier alpha value is -4.08. The highest BCUT2D eigenvalue weighted by Crippen LogP contribution is 2.29. The number of rotatable bonds is 5. The van der Waals surface area contributed by atoms with E-state index in [1.165, 1.54) is 6.07 Å². The van der Waals surface area contributed by atoms with Gasteiger partial charge in [0.15, 0.2) is 0 Å². The van der Waals surface area contributed by atoms with Crippen LogP contribution in [0.1, 0.15) is 10.4 Å². The summed E-state index contributed by atoms with van der Waals surface area (Å²) in [6.45, 7) is 0. The molecule has 10 heteroatoms. The third-order valence-electron chi connectivity index (χ3n) is 3.56. The average Bonchev–Trinajstić information content (AvgIpc) is 3.16. The number of aromatic nitrogens is 2. The van der Waals surface area contributed by atoms with Crippen molar-refractivity contribution in [2.75, 3.05) is 5.32 Å². The molecule has 0 spiro atoms. The van der Waals surface area contributed by atoms with Crippen LogP contribution in [0, 0.1) is 20.2 Å². The first kappa shape index (κ1) is 16.8. The number of hydrogen-bond donors (Lipinski definition) is 1. The summed E-state index contributed by atoms with van der Waals surface area (Å²) in [5, 5.41) is 24.3. The van der Waals surface area contributed by atoms with Gasteiger partial charge >= 0.3 is 11.4 Å². The predicted octanol–water partition coefficient (Wildman–Crippen LogP) is 2.94. The maximum absolute atomic E-state index is 12.3. The number of nitrogens with zero attached hydrogens (tertiary/aromatic N) is 4. The minimum atomic E-state index is -0.867. The molecule has 0 unspecified atom stereocenters. The van der Waals surface area contributed by atoms with Crippen LogP contribution in [0.4, 0.5) is 17.1 Å². The van der Waals surface area contributed by atoms with Crippen molar-refractivity contribution in [2.24, 2.45) is 0 Å². The van der Waals surface area contributed by atoms with Crippen LogP contribution in [-0.2, 0) is 0 Å². The summed E-state index contributed by atoms with van der Waals surface area (Å²) in [6, 6.07) is 9.79. The zero-order valence-corrected chi connectivity index (χ0v) is 13.1. The molecule has 3 rings (SSSR count). The van der Waals surface area contributed by atoms with Gasteiger partial charge in [0.2, 0.25) is 0 Å². The van der Waals surface area contributed by atoms with Gasteiger partial charge in [0.25, 0.3) is 5.91 Å². The molecule has 130 valence electrons. The summed E-state index contributed by atoms with van der Waals surface area (Å²) >= 11 is 0. The Morgan fingerprint density at radius 3 is 2.27 bits per heavy atom. The lowest BCUT2D eigenvalue weighted by Crippen LogP contribution is -2.12. The van der Waals surface area contributed by atoms with Crippen LogP contribution in [0.3, 0.4) is 0 Å². The van der Waals surface area contributed by atoms with Gasteiger partial charge in [-0.25, -0.2) is 4.98 Å². The molecule has 0 aliphatic carbocycles. The van der Waals surface area contributed by atoms with Gasteiger partial charge < -0.3 is 9.88 Å². The number of nitrogens with one attached hydrogen (secondary N) is 1. The first-order valence-electron chi connectivity index (χ1n) is 7.28. The Balaban J connectivity index is 1.80. The van der Waals surface area contributed by atoms with Crippen LogP contribution >= 0.6 is 0 Å². The van der Waals surface area contributed by atoms with Crippen LogP contribution < -0.4 is 5.32 Å². The fourth-order valence-corrected chi connectivity index (χ4v) is 2.30. The highest BCUT2D eigenvalue weighted by atomic mass is 16.6. The van der Waals surface area contributed by atoms with E-state index in [1.807, 2.05) is 0 Å². The summed E-state index contributed by atoms with van der Waals surface area (Å²) in [6.07, 6.45) is 5.00. The topological polar surface area (TPSA) is 133 Å². The lowest BCUT2D eigenvalue weighted by molar-refractivity contribution is -0.422. The van der Waals surface area contributed by atoms with Crippen molar-refractivity contribution in [1.29, 1.82) is 0 Å². The Labute approximate surface area is 146 Å². The van der Waals surface area contributed by atoms with Crippen LogP contribution in [0.5, 0.6) is 0 Å². The van der Waals surface area contributed by atoms with Gasteiger partial charge in [-0.1, -0.05) is 0 Å². The van der Waals surface area contributed by atoms with E-state index in [4.69, 9.17) is 0 Å². The zero-order chi connectivity index (χ0) is 18.7. The van der Waals surface area contributed by atoms with Gasteiger partial charge in [0.05, 0.1) is 16.2 Å². The third kappa shape index (κ3) is 3.38. The number of benzene rings is 2. The van der Waals surface area contributed by atoms with Crippen LogP contribution in [0.15, 0.2) is 61.2 Å². The average molecular weight is 353 g/mol. The van der Waals surface area contributed by atoms with Crippen LogP contribution in [0.2, 0.25) is 0 Å². The summed E-state index contributed by atoms with van der Waals surface area (Å²) < 4.78 is 1.77. The first-order chi connectivity index (χ1) is 12.5. The number of nitro benzene ring substituents is 2. The number of imidazole rings is 1. The van der Waals surface area contributed by atoms with Crippen molar-refractivity contribution in [3.05, 3.63) is 87.0 Å². The molecule has 0 aliphatic heterocycles. The van der Waals surface area contributed by atoms with E-state index in [0.29, 0.717) is 5.56 Å². The maximum Gasteiger partial charge on any atom is 0.348 e. The number of amides is 1. The molecule has 0 fully saturated rings. The second kappa shape index (κ2) is 6.81. The van der Waals surface area contributed by atoms with Crippen molar-refractivity contribution in [2.45, 2.75) is 0 Å². The number of anilines is 1. The molecule has 0 saturated carbocycles. The van der Waals surface area contributed by atoms with Crippen molar-refractivity contribution in [1.82, 2.24) is 9.55 Å². The van der Waals surface area contributed by atoms with Gasteiger partial charge in [0, 0.05) is 41.5 Å². The standard InChI is InChI=1S/C16H11N5O5/c22-16(11-1-4-13(5-2-11)19-8-7-17-10-19)18-12-3-6-14(20(23)24)15(9-12)21(25)26/h1-10H,(H,18,22). The second-order valence-corrected chi connectivity index (χ2v) is 5.19. The maximum atomic E-state index is 12.3. The minimum Gasteiger partial charge on any atom is -0.322 e. The molecule has 3 aromatic rings. The minimum absolute atomic E-state index is 0.0889. The molecule has 0 saturated heterocycles. The predicted molar refractivity (Wildman–Crippen MR) is 91.3 cm³/mol. The molecule has 1 N–H and O–H groups in total. The van der Waals surface area contributed by atoms with E-state index in [1.54, 1.807) is 47.6 Å². The smallest absolute Gasteiger partial charge is 0.322 e. The number of carbonyl (C=O) groups is 1. The number of nitro groups is 2. The van der Waals surface area contributed by atoms with Crippen molar-refractivity contribution < 1.29 is 14.6 Å². The highest BCUT2D eigenvalue weighted by molar-refractivity contribution is 6.04. The molecule has 0 atom stereocenters. The fourth-order valence-electron chi connectivity index (χ4n) is 2.30. The Morgan fingerprint density at radius 2 is 1.69 bits per heavy atom. The van der Waals surface area contributed by atoms with Crippen LogP contribution in [-0.4, -0.2) is 25.3 Å². The third-order valence-corrected chi connectivity index (χ3v) is 3.56. The van der Waals surface area contributed by atoms with Gasteiger partial charge in [-0.15, -0.1) is 0 Å². The second-order valence-electron chi connectivity index (χ2n) is 5.19. The molecule has 0 radical (unpaired) electrons. The highest BCUT2D eigenvalue weighted by Gasteiger charge is 2.24. The van der Waals surface area contributed by atoms with E-state index in [2.05, 4.69) is 10.3 Å². The Morgan fingerprint density at radius 1 is 1.00 bits per heavy atom. The molecule has 0 bridgehead atoms. The van der Waals surface area contributed by atoms with Gasteiger partial charge in [-0.3, -0.25) is 25.0 Å². The number of hydrogen-bond acceptors (Lipinski definition) is 6. The number of carbonyl (C=O) groups excluding carboxylic acids is 1. The Bertz CT molecular complexity index is 983. The van der Waals surface area contributed by atoms with E-state index in [-0.39, 0.29) is 5.69 Å². The zero-order valence-electron chi connectivity index (χ0n) is 13.1. The summed E-state index contributed by atoms with van der Waals surface area (Å²) in [7, 11) is 0. The first-order valence-corrected chi connectivity index (χ1v) is 7.28. The van der Waals surface area contributed by atoms with Gasteiger partial charge in [-0.05, 0) is 30.3 Å². The largest absolute Gasteiger partial charge is 0.348 e. The molecular weight excluding hydrogens is 342 g/mol. The quantitative estimate of drug-likeness (QED) is 0.554.